The Hall–Kier alpha value is -1.59. The number of amidine groups is 2. The summed E-state index contributed by atoms with van der Waals surface area (Å²) in [7, 11) is 0. The number of oxime groups is 1. The van der Waals surface area contributed by atoms with Gasteiger partial charge in [-0.05, 0) is 0 Å². The van der Waals surface area contributed by atoms with Crippen LogP contribution < -0.4 is 11.5 Å². The predicted octanol–water partition coefficient (Wildman–Crippen LogP) is -1.54. The van der Waals surface area contributed by atoms with Crippen molar-refractivity contribution in [3.63, 3.8) is 0 Å². The third-order valence-corrected chi connectivity index (χ3v) is 0.851. The molecule has 1 aliphatic heterocycles. The molecule has 0 aromatic carbocycles. The van der Waals surface area contributed by atoms with Gasteiger partial charge < -0.3 is 16.7 Å². The summed E-state index contributed by atoms with van der Waals surface area (Å²) in [5.41, 5.74) is 10.5. The van der Waals surface area contributed by atoms with Crippen LogP contribution in [0.15, 0.2) is 15.4 Å². The van der Waals surface area contributed by atoms with E-state index in [1.807, 2.05) is 0 Å². The Balaban J connectivity index is 2.68. The van der Waals surface area contributed by atoms with Crippen molar-refractivity contribution in [1.82, 2.24) is 0 Å². The number of nitrogens with two attached hydrogens (primary N) is 2. The maximum atomic E-state index is 8.06. The molecule has 1 aliphatic rings. The Morgan fingerprint density at radius 1 is 1.56 bits per heavy atom. The molecular formula is C3H5N5O. The highest BCUT2D eigenvalue weighted by Gasteiger charge is 2.16. The molecule has 0 aromatic heterocycles. The Morgan fingerprint density at radius 3 is 2.33 bits per heavy atom. The number of nitrogens with zero attached hydrogens (tertiary/aromatic N) is 3. The third-order valence-electron chi connectivity index (χ3n) is 0.851. The van der Waals surface area contributed by atoms with Gasteiger partial charge in [0.15, 0.2) is 17.4 Å². The van der Waals surface area contributed by atoms with E-state index in [1.165, 1.54) is 0 Å². The minimum absolute atomic E-state index is 0.109. The quantitative estimate of drug-likeness (QED) is 0.172. The molecule has 0 fully saturated rings. The fraction of sp³-hybridized carbons (Fsp3) is 0. The molecule has 0 atom stereocenters. The fourth-order valence-electron chi connectivity index (χ4n) is 0.388. The van der Waals surface area contributed by atoms with Crippen molar-refractivity contribution >= 4 is 17.4 Å². The van der Waals surface area contributed by atoms with Crippen molar-refractivity contribution in [3.05, 3.63) is 0 Å². The summed E-state index contributed by atoms with van der Waals surface area (Å²) in [5.74, 6) is 0.0906. The Morgan fingerprint density at radius 2 is 2.22 bits per heavy atom. The molecule has 0 bridgehead atoms. The third kappa shape index (κ3) is 0.693. The van der Waals surface area contributed by atoms with Crippen LogP contribution in [0.1, 0.15) is 0 Å². The van der Waals surface area contributed by atoms with E-state index in [-0.39, 0.29) is 17.4 Å². The minimum atomic E-state index is -0.109. The lowest BCUT2D eigenvalue weighted by Gasteiger charge is -2.05. The van der Waals surface area contributed by atoms with Crippen LogP contribution in [0.25, 0.3) is 0 Å². The number of hydrogen-bond acceptors (Lipinski definition) is 5. The standard InChI is InChI=1S/C3H5N5O/c4-2-1(6-7-2)3(5)8-9/h9H,(H2,4,7)(H2,5,8). The van der Waals surface area contributed by atoms with Gasteiger partial charge in [0.1, 0.15) is 0 Å². The average molecular weight is 127 g/mol. The van der Waals surface area contributed by atoms with Gasteiger partial charge in [-0.15, -0.1) is 10.2 Å². The Labute approximate surface area is 50.5 Å². The molecule has 0 aromatic rings. The summed E-state index contributed by atoms with van der Waals surface area (Å²) in [5, 5.41) is 17.4. The lowest BCUT2D eigenvalue weighted by Crippen LogP contribution is -2.39. The van der Waals surface area contributed by atoms with Gasteiger partial charge in [0.05, 0.1) is 0 Å². The SMILES string of the molecule is NC1=NN=C1/C(N)=N/O. The summed E-state index contributed by atoms with van der Waals surface area (Å²) in [4.78, 5) is 0. The second-order valence-corrected chi connectivity index (χ2v) is 1.42. The average Bonchev–Trinajstić information content (AvgIpc) is 1.84. The van der Waals surface area contributed by atoms with Crippen molar-refractivity contribution in [2.75, 3.05) is 0 Å². The summed E-state index contributed by atoms with van der Waals surface area (Å²) in [6.45, 7) is 0. The highest BCUT2D eigenvalue weighted by molar-refractivity contribution is 6.69. The second-order valence-electron chi connectivity index (χ2n) is 1.42. The molecule has 1 rings (SSSR count). The van der Waals surface area contributed by atoms with E-state index in [1.54, 1.807) is 0 Å². The number of hydrogen-bond donors (Lipinski definition) is 3. The topological polar surface area (TPSA) is 109 Å². The summed E-state index contributed by atoms with van der Waals surface area (Å²) < 4.78 is 0. The van der Waals surface area contributed by atoms with Crippen LogP contribution in [0, 0.1) is 0 Å². The van der Waals surface area contributed by atoms with E-state index < -0.39 is 0 Å². The molecule has 6 nitrogen and oxygen atoms in total. The molecule has 0 spiro atoms. The molecule has 9 heavy (non-hydrogen) atoms. The second kappa shape index (κ2) is 1.73. The first-order valence-corrected chi connectivity index (χ1v) is 2.15. The summed E-state index contributed by atoms with van der Waals surface area (Å²) in [6, 6.07) is 0. The molecule has 0 aliphatic carbocycles. The van der Waals surface area contributed by atoms with Crippen molar-refractivity contribution < 1.29 is 5.21 Å². The molecule has 0 saturated carbocycles. The lowest BCUT2D eigenvalue weighted by molar-refractivity contribution is 0.319. The zero-order chi connectivity index (χ0) is 6.85. The Bertz CT molecular complexity index is 214. The van der Waals surface area contributed by atoms with Crippen LogP contribution in [-0.2, 0) is 0 Å². The molecule has 48 valence electrons. The Kier molecular flexibility index (Phi) is 1.07. The van der Waals surface area contributed by atoms with Crippen LogP contribution in [0.5, 0.6) is 0 Å². The molecule has 0 unspecified atom stereocenters. The van der Waals surface area contributed by atoms with Crippen LogP contribution in [0.2, 0.25) is 0 Å². The molecule has 0 saturated heterocycles. The molecule has 5 N–H and O–H groups in total. The monoisotopic (exact) mass is 127 g/mol. The zero-order valence-corrected chi connectivity index (χ0v) is 4.44. The minimum Gasteiger partial charge on any atom is -0.409 e. The largest absolute Gasteiger partial charge is 0.409 e. The van der Waals surface area contributed by atoms with Gasteiger partial charge >= 0.3 is 0 Å². The number of rotatable bonds is 1. The van der Waals surface area contributed by atoms with Gasteiger partial charge in [-0.3, -0.25) is 0 Å². The molecule has 0 radical (unpaired) electrons. The highest BCUT2D eigenvalue weighted by Crippen LogP contribution is 1.92. The smallest absolute Gasteiger partial charge is 0.194 e. The van der Waals surface area contributed by atoms with Crippen LogP contribution in [0.4, 0.5) is 0 Å². The molecule has 1 heterocycles. The van der Waals surface area contributed by atoms with Crippen LogP contribution in [-0.4, -0.2) is 22.6 Å². The first kappa shape index (κ1) is 5.54. The summed E-state index contributed by atoms with van der Waals surface area (Å²) >= 11 is 0. The molecular weight excluding hydrogens is 122 g/mol. The zero-order valence-electron chi connectivity index (χ0n) is 4.44. The molecule has 0 amide bonds. The van der Waals surface area contributed by atoms with Crippen molar-refractivity contribution in [3.8, 4) is 0 Å². The first-order chi connectivity index (χ1) is 4.25. The van der Waals surface area contributed by atoms with Crippen molar-refractivity contribution in [2.24, 2.45) is 26.8 Å². The van der Waals surface area contributed by atoms with Crippen LogP contribution >= 0.6 is 0 Å². The van der Waals surface area contributed by atoms with Gasteiger partial charge in [-0.2, -0.15) is 0 Å². The van der Waals surface area contributed by atoms with Crippen molar-refractivity contribution in [1.29, 1.82) is 0 Å². The van der Waals surface area contributed by atoms with Crippen molar-refractivity contribution in [2.45, 2.75) is 0 Å². The van der Waals surface area contributed by atoms with E-state index in [4.69, 9.17) is 16.7 Å². The maximum Gasteiger partial charge on any atom is 0.194 e. The van der Waals surface area contributed by atoms with Gasteiger partial charge in [-0.25, -0.2) is 0 Å². The van der Waals surface area contributed by atoms with Crippen LogP contribution in [0.3, 0.4) is 0 Å². The predicted molar refractivity (Wildman–Crippen MR) is 32.5 cm³/mol. The van der Waals surface area contributed by atoms with Gasteiger partial charge in [0.2, 0.25) is 0 Å². The van der Waals surface area contributed by atoms with E-state index in [9.17, 15) is 0 Å². The first-order valence-electron chi connectivity index (χ1n) is 2.15. The highest BCUT2D eigenvalue weighted by atomic mass is 16.4. The van der Waals surface area contributed by atoms with E-state index >= 15 is 0 Å². The van der Waals surface area contributed by atoms with Gasteiger partial charge in [-0.1, -0.05) is 5.16 Å². The van der Waals surface area contributed by atoms with E-state index in [2.05, 4.69) is 15.4 Å². The van der Waals surface area contributed by atoms with Gasteiger partial charge in [0.25, 0.3) is 0 Å². The lowest BCUT2D eigenvalue weighted by atomic mass is 10.3. The van der Waals surface area contributed by atoms with E-state index in [0.29, 0.717) is 0 Å². The van der Waals surface area contributed by atoms with E-state index in [0.717, 1.165) is 0 Å². The van der Waals surface area contributed by atoms with Gasteiger partial charge in [0, 0.05) is 0 Å². The molecule has 6 heteroatoms. The fourth-order valence-corrected chi connectivity index (χ4v) is 0.388. The normalized spacial score (nSPS) is 18.0. The summed E-state index contributed by atoms with van der Waals surface area (Å²) in [6.07, 6.45) is 0. The maximum absolute atomic E-state index is 8.06.